The highest BCUT2D eigenvalue weighted by atomic mass is 16.6. The van der Waals surface area contributed by atoms with Crippen molar-refractivity contribution < 1.29 is 10.0 Å². The van der Waals surface area contributed by atoms with Gasteiger partial charge in [0.15, 0.2) is 0 Å². The predicted octanol–water partition coefficient (Wildman–Crippen LogP) is 2.36. The Morgan fingerprint density at radius 3 is 2.81 bits per heavy atom. The first kappa shape index (κ1) is 13.4. The van der Waals surface area contributed by atoms with Crippen molar-refractivity contribution in [2.24, 2.45) is 4.99 Å². The zero-order valence-electron chi connectivity index (χ0n) is 11.1. The van der Waals surface area contributed by atoms with Crippen LogP contribution in [0.25, 0.3) is 10.9 Å². The van der Waals surface area contributed by atoms with Crippen molar-refractivity contribution in [2.45, 2.75) is 12.0 Å². The Kier molecular flexibility index (Phi) is 3.23. The molecule has 0 saturated carbocycles. The molecule has 1 N–H and O–H groups in total. The van der Waals surface area contributed by atoms with Gasteiger partial charge in [0.1, 0.15) is 11.7 Å². The third-order valence-electron chi connectivity index (χ3n) is 3.64. The van der Waals surface area contributed by atoms with Gasteiger partial charge in [-0.25, -0.2) is 4.98 Å². The quantitative estimate of drug-likeness (QED) is 0.689. The van der Waals surface area contributed by atoms with E-state index in [0.717, 1.165) is 0 Å². The van der Waals surface area contributed by atoms with Crippen molar-refractivity contribution >= 4 is 22.8 Å². The second-order valence-electron chi connectivity index (χ2n) is 4.83. The number of para-hydroxylation sites is 1. The van der Waals surface area contributed by atoms with Crippen molar-refractivity contribution in [1.29, 1.82) is 0 Å². The van der Waals surface area contributed by atoms with Gasteiger partial charge >= 0.3 is 0 Å². The fourth-order valence-corrected chi connectivity index (χ4v) is 2.74. The summed E-state index contributed by atoms with van der Waals surface area (Å²) in [5.41, 5.74) is 0.175. The lowest BCUT2D eigenvalue weighted by Crippen LogP contribution is -2.23. The molecule has 2 heterocycles. The first-order valence-electron chi connectivity index (χ1n) is 6.54. The van der Waals surface area contributed by atoms with Crippen molar-refractivity contribution in [3.05, 3.63) is 58.3 Å². The summed E-state index contributed by atoms with van der Waals surface area (Å²) in [6.07, 6.45) is 6.69. The van der Waals surface area contributed by atoms with E-state index in [9.17, 15) is 15.2 Å². The van der Waals surface area contributed by atoms with E-state index in [2.05, 4.69) is 9.98 Å². The zero-order chi connectivity index (χ0) is 14.9. The van der Waals surface area contributed by atoms with Gasteiger partial charge in [-0.05, 0) is 12.1 Å². The van der Waals surface area contributed by atoms with E-state index in [1.165, 1.54) is 6.20 Å². The molecule has 0 spiro atoms. The van der Waals surface area contributed by atoms with E-state index in [-0.39, 0.29) is 18.7 Å². The lowest BCUT2D eigenvalue weighted by atomic mass is 9.85. The van der Waals surface area contributed by atoms with Crippen LogP contribution in [0.1, 0.15) is 12.0 Å². The summed E-state index contributed by atoms with van der Waals surface area (Å²) in [6, 6.07) is 7.24. The van der Waals surface area contributed by atoms with Crippen LogP contribution in [-0.4, -0.2) is 27.8 Å². The lowest BCUT2D eigenvalue weighted by Gasteiger charge is -2.24. The normalized spacial score (nSPS) is 20.2. The zero-order valence-corrected chi connectivity index (χ0v) is 11.1. The molecule has 0 amide bonds. The number of aliphatic hydroxyl groups excluding tert-OH is 1. The number of benzene rings is 1. The van der Waals surface area contributed by atoms with Gasteiger partial charge in [0.25, 0.3) is 5.69 Å². The Morgan fingerprint density at radius 1 is 1.33 bits per heavy atom. The molecule has 1 aliphatic heterocycles. The Balaban J connectivity index is 2.38. The molecule has 0 saturated heterocycles. The molecule has 2 aromatic rings. The molecular formula is C15H13N3O3. The van der Waals surface area contributed by atoms with Gasteiger partial charge in [0.05, 0.1) is 16.0 Å². The molecule has 1 atom stereocenters. The summed E-state index contributed by atoms with van der Waals surface area (Å²) < 4.78 is 0. The summed E-state index contributed by atoms with van der Waals surface area (Å²) in [7, 11) is 0. The van der Waals surface area contributed by atoms with E-state index in [1.54, 1.807) is 30.5 Å². The van der Waals surface area contributed by atoms with Gasteiger partial charge in [-0.1, -0.05) is 24.3 Å². The highest BCUT2D eigenvalue weighted by Gasteiger charge is 2.38. The number of aromatic nitrogens is 1. The molecule has 6 heteroatoms. The van der Waals surface area contributed by atoms with Crippen molar-refractivity contribution in [3.63, 3.8) is 0 Å². The third-order valence-corrected chi connectivity index (χ3v) is 3.64. The smallest absolute Gasteiger partial charge is 0.294 e. The van der Waals surface area contributed by atoms with Crippen LogP contribution in [0.15, 0.2) is 47.6 Å². The number of rotatable bonds is 4. The highest BCUT2D eigenvalue weighted by molar-refractivity contribution is 5.88. The number of allylic oxidation sites excluding steroid dienone is 1. The molecule has 21 heavy (non-hydrogen) atoms. The molecule has 0 radical (unpaired) electrons. The Bertz CT molecular complexity index is 756. The fourth-order valence-electron chi connectivity index (χ4n) is 2.74. The first-order chi connectivity index (χ1) is 10.2. The first-order valence-corrected chi connectivity index (χ1v) is 6.54. The number of aliphatic imine (C=N–C) groups is 1. The lowest BCUT2D eigenvalue weighted by molar-refractivity contribution is -0.386. The van der Waals surface area contributed by atoms with Crippen LogP contribution in [0.2, 0.25) is 0 Å². The maximum atomic E-state index is 11.4. The fraction of sp³-hybridized carbons (Fsp3) is 0.200. The minimum Gasteiger partial charge on any atom is -0.396 e. The molecule has 3 rings (SSSR count). The van der Waals surface area contributed by atoms with Crippen molar-refractivity contribution in [3.8, 4) is 0 Å². The number of nitro groups is 1. The number of fused-ring (bicyclic) bond motifs is 1. The van der Waals surface area contributed by atoms with Crippen LogP contribution in [-0.2, 0) is 5.54 Å². The Labute approximate surface area is 120 Å². The van der Waals surface area contributed by atoms with Crippen molar-refractivity contribution in [2.75, 3.05) is 6.61 Å². The molecule has 106 valence electrons. The van der Waals surface area contributed by atoms with Crippen LogP contribution in [0.3, 0.4) is 0 Å². The number of pyridine rings is 1. The largest absolute Gasteiger partial charge is 0.396 e. The van der Waals surface area contributed by atoms with Crippen LogP contribution in [0.4, 0.5) is 5.69 Å². The average Bonchev–Trinajstić information content (AvgIpc) is 2.95. The maximum Gasteiger partial charge on any atom is 0.294 e. The predicted molar refractivity (Wildman–Crippen MR) is 79.4 cm³/mol. The minimum absolute atomic E-state index is 0.0779. The van der Waals surface area contributed by atoms with Gasteiger partial charge in [-0.2, -0.15) is 0 Å². The summed E-state index contributed by atoms with van der Waals surface area (Å²) in [6.45, 7) is -0.116. The topological polar surface area (TPSA) is 88.6 Å². The Morgan fingerprint density at radius 2 is 2.14 bits per heavy atom. The summed E-state index contributed by atoms with van der Waals surface area (Å²) >= 11 is 0. The minimum atomic E-state index is -0.903. The third kappa shape index (κ3) is 2.09. The average molecular weight is 283 g/mol. The number of hydrogen-bond acceptors (Lipinski definition) is 5. The van der Waals surface area contributed by atoms with Gasteiger partial charge in [-0.3, -0.25) is 15.1 Å². The summed E-state index contributed by atoms with van der Waals surface area (Å²) in [5.74, 6) is 0. The van der Waals surface area contributed by atoms with Crippen LogP contribution >= 0.6 is 0 Å². The summed E-state index contributed by atoms with van der Waals surface area (Å²) in [5, 5.41) is 21.4. The molecule has 1 aromatic heterocycles. The second kappa shape index (κ2) is 5.06. The van der Waals surface area contributed by atoms with E-state index < -0.39 is 10.5 Å². The van der Waals surface area contributed by atoms with Gasteiger partial charge in [0, 0.05) is 24.6 Å². The van der Waals surface area contributed by atoms with E-state index >= 15 is 0 Å². The molecule has 0 fully saturated rings. The van der Waals surface area contributed by atoms with Crippen LogP contribution < -0.4 is 0 Å². The van der Waals surface area contributed by atoms with Gasteiger partial charge in [-0.15, -0.1) is 0 Å². The number of hydrogen-bond donors (Lipinski definition) is 1. The molecule has 1 unspecified atom stereocenters. The standard InChI is InChI=1S/C15H13N3O3/c19-9-7-15(6-3-8-17-15)14-11-4-1-2-5-12(11)16-10-13(14)18(20)21/h1-6,8,10,19H,7,9H2. The molecule has 6 nitrogen and oxygen atoms in total. The molecular weight excluding hydrogens is 270 g/mol. The van der Waals surface area contributed by atoms with Crippen LogP contribution in [0.5, 0.6) is 0 Å². The van der Waals surface area contributed by atoms with Crippen molar-refractivity contribution in [1.82, 2.24) is 4.98 Å². The Hall–Kier alpha value is -2.60. The number of aliphatic hydroxyl groups is 1. The monoisotopic (exact) mass is 283 g/mol. The second-order valence-corrected chi connectivity index (χ2v) is 4.83. The molecule has 0 aliphatic carbocycles. The van der Waals surface area contributed by atoms with E-state index in [4.69, 9.17) is 0 Å². The van der Waals surface area contributed by atoms with Gasteiger partial charge < -0.3 is 5.11 Å². The molecule has 0 bridgehead atoms. The van der Waals surface area contributed by atoms with E-state index in [1.807, 2.05) is 12.1 Å². The van der Waals surface area contributed by atoms with Gasteiger partial charge in [0.2, 0.25) is 0 Å². The van der Waals surface area contributed by atoms with Crippen LogP contribution in [0, 0.1) is 10.1 Å². The summed E-state index contributed by atoms with van der Waals surface area (Å²) in [4.78, 5) is 19.5. The SMILES string of the molecule is O=[N+]([O-])c1cnc2ccccc2c1C1(CCO)C=CC=N1. The van der Waals surface area contributed by atoms with E-state index in [0.29, 0.717) is 16.5 Å². The number of nitrogens with zero attached hydrogens (tertiary/aromatic N) is 3. The maximum absolute atomic E-state index is 11.4. The molecule has 1 aromatic carbocycles. The highest BCUT2D eigenvalue weighted by Crippen LogP contribution is 2.42. The molecule has 1 aliphatic rings.